The van der Waals surface area contributed by atoms with Gasteiger partial charge in [0.1, 0.15) is 0 Å². The van der Waals surface area contributed by atoms with Crippen LogP contribution in [0.1, 0.15) is 31.8 Å². The molecule has 4 aromatic carbocycles. The summed E-state index contributed by atoms with van der Waals surface area (Å²) in [5.74, 6) is -0.583. The van der Waals surface area contributed by atoms with Gasteiger partial charge in [-0.25, -0.2) is 0 Å². The first-order valence-electron chi connectivity index (χ1n) is 12.9. The standard InChI is InChI=1S/C32H27ClN2O4/c33-25-6-2-5-21(12-25)19-3-1-4-20(11-19)24-15-28-27-14-23(32(38)35-9-10-39-26(17-35)18-36)8-7-22(27)13-29(28)30(16-24)31(34)37/h1-8,11-12,14-16,26,36H,9-10,13,17-18H2,(H2,34,37). The maximum absolute atomic E-state index is 13.3. The zero-order valence-electron chi connectivity index (χ0n) is 21.2. The lowest BCUT2D eigenvalue weighted by atomic mass is 9.92. The van der Waals surface area contributed by atoms with E-state index >= 15 is 0 Å². The Bertz CT molecular complexity index is 1620. The van der Waals surface area contributed by atoms with Crippen LogP contribution in [0.5, 0.6) is 0 Å². The molecule has 1 saturated heterocycles. The van der Waals surface area contributed by atoms with Crippen molar-refractivity contribution in [1.82, 2.24) is 4.90 Å². The number of fused-ring (bicyclic) bond motifs is 3. The molecule has 2 aliphatic rings. The molecule has 0 aromatic heterocycles. The van der Waals surface area contributed by atoms with Gasteiger partial charge in [-0.2, -0.15) is 0 Å². The van der Waals surface area contributed by atoms with Gasteiger partial charge in [0.05, 0.1) is 19.3 Å². The number of hydrogen-bond acceptors (Lipinski definition) is 4. The summed E-state index contributed by atoms with van der Waals surface area (Å²) in [7, 11) is 0. The molecule has 1 fully saturated rings. The van der Waals surface area contributed by atoms with Crippen LogP contribution in [-0.4, -0.2) is 54.2 Å². The summed E-state index contributed by atoms with van der Waals surface area (Å²) in [6, 6.07) is 25.4. The molecule has 1 atom stereocenters. The highest BCUT2D eigenvalue weighted by Gasteiger charge is 2.28. The zero-order chi connectivity index (χ0) is 27.1. The fourth-order valence-electron chi connectivity index (χ4n) is 5.54. The van der Waals surface area contributed by atoms with E-state index in [0.717, 1.165) is 44.5 Å². The summed E-state index contributed by atoms with van der Waals surface area (Å²) < 4.78 is 5.50. The number of aliphatic hydroxyl groups is 1. The fraction of sp³-hybridized carbons (Fsp3) is 0.188. The Labute approximate surface area is 231 Å². The molecule has 0 saturated carbocycles. The number of ether oxygens (including phenoxy) is 1. The van der Waals surface area contributed by atoms with Gasteiger partial charge in [0.15, 0.2) is 0 Å². The van der Waals surface area contributed by atoms with E-state index in [-0.39, 0.29) is 18.6 Å². The van der Waals surface area contributed by atoms with Crippen molar-refractivity contribution in [2.24, 2.45) is 5.73 Å². The van der Waals surface area contributed by atoms with Crippen LogP contribution in [0, 0.1) is 0 Å². The topological polar surface area (TPSA) is 92.9 Å². The number of amides is 2. The Balaban J connectivity index is 1.41. The van der Waals surface area contributed by atoms with Crippen LogP contribution in [-0.2, 0) is 11.2 Å². The molecule has 7 heteroatoms. The quantitative estimate of drug-likeness (QED) is 0.322. The minimum Gasteiger partial charge on any atom is -0.394 e. The van der Waals surface area contributed by atoms with E-state index in [1.165, 1.54) is 0 Å². The van der Waals surface area contributed by atoms with Crippen LogP contribution in [0.4, 0.5) is 0 Å². The van der Waals surface area contributed by atoms with E-state index in [2.05, 4.69) is 12.1 Å². The van der Waals surface area contributed by atoms with Crippen molar-refractivity contribution in [3.8, 4) is 33.4 Å². The average Bonchev–Trinajstić information content (AvgIpc) is 3.34. The van der Waals surface area contributed by atoms with Gasteiger partial charge in [-0.05, 0) is 93.4 Å². The number of halogens is 1. The average molecular weight is 539 g/mol. The Morgan fingerprint density at radius 2 is 1.67 bits per heavy atom. The Morgan fingerprint density at radius 3 is 2.41 bits per heavy atom. The molecular formula is C32H27ClN2O4. The summed E-state index contributed by atoms with van der Waals surface area (Å²) in [5, 5.41) is 10.1. The molecule has 4 aromatic rings. The van der Waals surface area contributed by atoms with Gasteiger partial charge in [-0.15, -0.1) is 0 Å². The summed E-state index contributed by atoms with van der Waals surface area (Å²) in [6.45, 7) is 1.09. The summed E-state index contributed by atoms with van der Waals surface area (Å²) in [4.78, 5) is 27.6. The minimum atomic E-state index is -0.480. The number of aliphatic hydroxyl groups excluding tert-OH is 1. The Hall–Kier alpha value is -3.97. The van der Waals surface area contributed by atoms with E-state index in [1.54, 1.807) is 4.90 Å². The lowest BCUT2D eigenvalue weighted by Crippen LogP contribution is -2.46. The van der Waals surface area contributed by atoms with Crippen molar-refractivity contribution < 1.29 is 19.4 Å². The summed E-state index contributed by atoms with van der Waals surface area (Å²) in [6.07, 6.45) is 0.200. The molecule has 196 valence electrons. The Kier molecular flexibility index (Phi) is 6.69. The second kappa shape index (κ2) is 10.3. The first-order valence-corrected chi connectivity index (χ1v) is 13.3. The maximum atomic E-state index is 13.3. The molecule has 1 aliphatic carbocycles. The lowest BCUT2D eigenvalue weighted by molar-refractivity contribution is -0.0447. The number of rotatable bonds is 5. The van der Waals surface area contributed by atoms with Gasteiger partial charge in [0.25, 0.3) is 5.91 Å². The first-order chi connectivity index (χ1) is 18.9. The van der Waals surface area contributed by atoms with Crippen LogP contribution in [0.2, 0.25) is 5.02 Å². The van der Waals surface area contributed by atoms with Crippen LogP contribution >= 0.6 is 11.6 Å². The van der Waals surface area contributed by atoms with Crippen LogP contribution in [0.3, 0.4) is 0 Å². The van der Waals surface area contributed by atoms with Crippen molar-refractivity contribution in [2.45, 2.75) is 12.5 Å². The largest absolute Gasteiger partial charge is 0.394 e. The Morgan fingerprint density at radius 1 is 0.923 bits per heavy atom. The smallest absolute Gasteiger partial charge is 0.254 e. The van der Waals surface area contributed by atoms with Crippen LogP contribution in [0.25, 0.3) is 33.4 Å². The molecule has 1 heterocycles. The summed E-state index contributed by atoms with van der Waals surface area (Å²) in [5.41, 5.74) is 14.5. The van der Waals surface area contributed by atoms with Crippen molar-refractivity contribution in [3.05, 3.63) is 106 Å². The van der Waals surface area contributed by atoms with Crippen molar-refractivity contribution in [3.63, 3.8) is 0 Å². The second-order valence-corrected chi connectivity index (χ2v) is 10.4. The third-order valence-electron chi connectivity index (χ3n) is 7.51. The molecule has 1 unspecified atom stereocenters. The normalized spacial score (nSPS) is 16.1. The number of nitrogens with zero attached hydrogens (tertiary/aromatic N) is 1. The van der Waals surface area contributed by atoms with Crippen molar-refractivity contribution in [1.29, 1.82) is 0 Å². The molecule has 2 amide bonds. The van der Waals surface area contributed by atoms with E-state index in [4.69, 9.17) is 22.1 Å². The zero-order valence-corrected chi connectivity index (χ0v) is 21.9. The number of morpholine rings is 1. The maximum Gasteiger partial charge on any atom is 0.254 e. The highest BCUT2D eigenvalue weighted by Crippen LogP contribution is 2.42. The molecule has 0 radical (unpaired) electrons. The third-order valence-corrected chi connectivity index (χ3v) is 7.75. The van der Waals surface area contributed by atoms with E-state index < -0.39 is 5.91 Å². The third kappa shape index (κ3) is 4.83. The van der Waals surface area contributed by atoms with Gasteiger partial charge in [0, 0.05) is 29.2 Å². The van der Waals surface area contributed by atoms with Crippen LogP contribution < -0.4 is 5.73 Å². The van der Waals surface area contributed by atoms with Crippen molar-refractivity contribution in [2.75, 3.05) is 26.3 Å². The number of carbonyl (C=O) groups excluding carboxylic acids is 2. The molecule has 3 N–H and O–H groups in total. The van der Waals surface area contributed by atoms with Gasteiger partial charge >= 0.3 is 0 Å². The lowest BCUT2D eigenvalue weighted by Gasteiger charge is -2.32. The van der Waals surface area contributed by atoms with Crippen LogP contribution in [0.15, 0.2) is 78.9 Å². The molecule has 0 spiro atoms. The van der Waals surface area contributed by atoms with E-state index in [9.17, 15) is 14.7 Å². The molecule has 6 nitrogen and oxygen atoms in total. The second-order valence-electron chi connectivity index (χ2n) is 9.98. The fourth-order valence-corrected chi connectivity index (χ4v) is 5.73. The molecule has 1 aliphatic heterocycles. The number of primary amides is 1. The molecule has 39 heavy (non-hydrogen) atoms. The SMILES string of the molecule is NC(=O)c1cc(-c2cccc(-c3cccc(Cl)c3)c2)cc2c1Cc1ccc(C(=O)N3CCOC(CO)C3)cc1-2. The van der Waals surface area contributed by atoms with Gasteiger partial charge < -0.3 is 20.5 Å². The van der Waals surface area contributed by atoms with E-state index in [0.29, 0.717) is 42.3 Å². The highest BCUT2D eigenvalue weighted by atomic mass is 35.5. The predicted molar refractivity (Wildman–Crippen MR) is 152 cm³/mol. The monoisotopic (exact) mass is 538 g/mol. The molecular weight excluding hydrogens is 512 g/mol. The minimum absolute atomic E-state index is 0.103. The van der Waals surface area contributed by atoms with Gasteiger partial charge in [0.2, 0.25) is 5.91 Å². The molecule has 6 rings (SSSR count). The predicted octanol–water partition coefficient (Wildman–Crippen LogP) is 5.18. The number of nitrogens with two attached hydrogens (primary N) is 1. The number of hydrogen-bond donors (Lipinski definition) is 2. The molecule has 0 bridgehead atoms. The first kappa shape index (κ1) is 25.3. The number of carbonyl (C=O) groups is 2. The van der Waals surface area contributed by atoms with Crippen molar-refractivity contribution >= 4 is 23.4 Å². The van der Waals surface area contributed by atoms with E-state index in [1.807, 2.05) is 66.7 Å². The number of benzene rings is 4. The highest BCUT2D eigenvalue weighted by molar-refractivity contribution is 6.30. The summed E-state index contributed by atoms with van der Waals surface area (Å²) >= 11 is 6.22. The van der Waals surface area contributed by atoms with Gasteiger partial charge in [-0.1, -0.05) is 48.0 Å². The van der Waals surface area contributed by atoms with Gasteiger partial charge in [-0.3, -0.25) is 9.59 Å².